The van der Waals surface area contributed by atoms with Gasteiger partial charge in [-0.15, -0.1) is 0 Å². The fraction of sp³-hybridized carbons (Fsp3) is 0.900. The van der Waals surface area contributed by atoms with Crippen molar-refractivity contribution in [2.45, 2.75) is 159 Å². The Morgan fingerprint density at radius 1 is 0.846 bits per heavy atom. The molecule has 39 heavy (non-hydrogen) atoms. The highest BCUT2D eigenvalue weighted by Gasteiger charge is 2.44. The molecule has 0 radical (unpaired) electrons. The lowest BCUT2D eigenvalue weighted by molar-refractivity contribution is -0.302. The largest absolute Gasteiger partial charge is 0.394 e. The molecule has 6 N–H and O–H groups in total. The van der Waals surface area contributed by atoms with Gasteiger partial charge in [-0.25, -0.2) is 0 Å². The Bertz CT molecular complexity index is 632. The molecule has 0 bridgehead atoms. The van der Waals surface area contributed by atoms with Crippen molar-refractivity contribution in [1.82, 2.24) is 5.32 Å². The highest BCUT2D eigenvalue weighted by molar-refractivity contribution is 5.76. The highest BCUT2D eigenvalue weighted by atomic mass is 16.7. The number of unbranched alkanes of at least 4 members (excludes halogenated alkanes) is 13. The fourth-order valence-corrected chi connectivity index (χ4v) is 4.74. The van der Waals surface area contributed by atoms with E-state index in [0.717, 1.165) is 44.9 Å². The van der Waals surface area contributed by atoms with Crippen molar-refractivity contribution >= 4 is 5.91 Å². The molecule has 0 aliphatic carbocycles. The topological polar surface area (TPSA) is 149 Å². The molecule has 1 heterocycles. The number of rotatable bonds is 23. The van der Waals surface area contributed by atoms with Gasteiger partial charge in [0.1, 0.15) is 24.4 Å². The first-order valence-electron chi connectivity index (χ1n) is 15.4. The lowest BCUT2D eigenvalue weighted by Gasteiger charge is -2.40. The standard InChI is InChI=1S/C30H57NO8/c1-3-5-7-9-10-11-12-13-14-15-16-17-19-24(33)23(31-26(34)20-18-8-6-4-2)22-38-30-29(37)28(36)27(35)25(21-32)39-30/h17,19,23-25,27-30,32-33,35-37H,3-16,18,20-22H2,1-2H3,(H,31,34)/b19-17+. The maximum atomic E-state index is 12.5. The summed E-state index contributed by atoms with van der Waals surface area (Å²) in [5.74, 6) is -0.198. The van der Waals surface area contributed by atoms with Crippen LogP contribution >= 0.6 is 0 Å². The smallest absolute Gasteiger partial charge is 0.220 e. The predicted molar refractivity (Wildman–Crippen MR) is 152 cm³/mol. The summed E-state index contributed by atoms with van der Waals surface area (Å²) >= 11 is 0. The van der Waals surface area contributed by atoms with E-state index in [1.807, 2.05) is 6.08 Å². The second kappa shape index (κ2) is 22.6. The summed E-state index contributed by atoms with van der Waals surface area (Å²) in [6, 6.07) is -0.792. The Balaban J connectivity index is 2.52. The SMILES string of the molecule is CCCCCCCCCCCC/C=C/C(O)C(COC1OC(CO)C(O)C(O)C1O)NC(=O)CCCCCC. The van der Waals surface area contributed by atoms with Crippen molar-refractivity contribution in [2.24, 2.45) is 0 Å². The molecule has 0 aromatic heterocycles. The molecule has 1 aliphatic rings. The molecule has 7 unspecified atom stereocenters. The van der Waals surface area contributed by atoms with Crippen LogP contribution in [0.5, 0.6) is 0 Å². The van der Waals surface area contributed by atoms with Crippen LogP contribution in [-0.2, 0) is 14.3 Å². The van der Waals surface area contributed by atoms with E-state index >= 15 is 0 Å². The zero-order valence-corrected chi connectivity index (χ0v) is 24.4. The molecule has 230 valence electrons. The molecule has 1 rings (SSSR count). The van der Waals surface area contributed by atoms with Crippen molar-refractivity contribution in [2.75, 3.05) is 13.2 Å². The number of carbonyl (C=O) groups excluding carboxylic acids is 1. The molecule has 0 aromatic rings. The number of nitrogens with one attached hydrogen (secondary N) is 1. The second-order valence-electron chi connectivity index (χ2n) is 10.9. The van der Waals surface area contributed by atoms with E-state index < -0.39 is 49.5 Å². The van der Waals surface area contributed by atoms with Crippen LogP contribution in [-0.4, -0.2) is 87.5 Å². The number of hydrogen-bond donors (Lipinski definition) is 6. The van der Waals surface area contributed by atoms with E-state index in [2.05, 4.69) is 19.2 Å². The fourth-order valence-electron chi connectivity index (χ4n) is 4.74. The normalized spacial score (nSPS) is 25.2. The molecule has 0 spiro atoms. The van der Waals surface area contributed by atoms with E-state index in [0.29, 0.717) is 6.42 Å². The maximum Gasteiger partial charge on any atom is 0.220 e. The number of aliphatic hydroxyl groups is 5. The summed E-state index contributed by atoms with van der Waals surface area (Å²) in [4.78, 5) is 12.5. The second-order valence-corrected chi connectivity index (χ2v) is 10.9. The van der Waals surface area contributed by atoms with Gasteiger partial charge in [0.25, 0.3) is 0 Å². The predicted octanol–water partition coefficient (Wildman–Crippen LogP) is 3.49. The molecule has 1 amide bonds. The van der Waals surface area contributed by atoms with Crippen LogP contribution in [0.4, 0.5) is 0 Å². The third-order valence-electron chi connectivity index (χ3n) is 7.36. The van der Waals surface area contributed by atoms with E-state index in [4.69, 9.17) is 9.47 Å². The Morgan fingerprint density at radius 2 is 1.41 bits per heavy atom. The number of carbonyl (C=O) groups is 1. The molecule has 9 heteroatoms. The molecule has 0 saturated carbocycles. The minimum atomic E-state index is -1.56. The molecular weight excluding hydrogens is 502 g/mol. The summed E-state index contributed by atoms with van der Waals surface area (Å²) in [5.41, 5.74) is 0. The number of ether oxygens (including phenoxy) is 2. The lowest BCUT2D eigenvalue weighted by atomic mass is 9.99. The maximum absolute atomic E-state index is 12.5. The first-order chi connectivity index (χ1) is 18.8. The van der Waals surface area contributed by atoms with Crippen molar-refractivity contribution in [3.8, 4) is 0 Å². The van der Waals surface area contributed by atoms with Gasteiger partial charge in [-0.2, -0.15) is 0 Å². The minimum absolute atomic E-state index is 0.187. The zero-order valence-electron chi connectivity index (χ0n) is 24.4. The van der Waals surface area contributed by atoms with Gasteiger partial charge in [-0.1, -0.05) is 103 Å². The first-order valence-corrected chi connectivity index (χ1v) is 15.4. The molecule has 1 aliphatic heterocycles. The van der Waals surface area contributed by atoms with Gasteiger partial charge >= 0.3 is 0 Å². The molecule has 0 aromatic carbocycles. The third kappa shape index (κ3) is 15.5. The summed E-state index contributed by atoms with van der Waals surface area (Å²) in [7, 11) is 0. The van der Waals surface area contributed by atoms with E-state index in [1.54, 1.807) is 6.08 Å². The van der Waals surface area contributed by atoms with Crippen LogP contribution in [0.25, 0.3) is 0 Å². The van der Waals surface area contributed by atoms with Crippen LogP contribution in [0.3, 0.4) is 0 Å². The van der Waals surface area contributed by atoms with Gasteiger partial charge in [0.05, 0.1) is 25.4 Å². The van der Waals surface area contributed by atoms with Crippen molar-refractivity contribution in [1.29, 1.82) is 0 Å². The number of amides is 1. The monoisotopic (exact) mass is 559 g/mol. The Kier molecular flexibility index (Phi) is 20.8. The molecule has 9 nitrogen and oxygen atoms in total. The summed E-state index contributed by atoms with van der Waals surface area (Å²) < 4.78 is 11.0. The summed E-state index contributed by atoms with van der Waals surface area (Å²) in [6.45, 7) is 3.59. The van der Waals surface area contributed by atoms with E-state index in [-0.39, 0.29) is 12.5 Å². The van der Waals surface area contributed by atoms with Gasteiger partial charge in [0.2, 0.25) is 5.91 Å². The number of allylic oxidation sites excluding steroid dienone is 1. The van der Waals surface area contributed by atoms with Gasteiger partial charge in [0.15, 0.2) is 6.29 Å². The molecular formula is C30H57NO8. The Hall–Kier alpha value is -1.07. The van der Waals surface area contributed by atoms with Gasteiger partial charge in [0, 0.05) is 6.42 Å². The van der Waals surface area contributed by atoms with Crippen LogP contribution < -0.4 is 5.32 Å². The lowest BCUT2D eigenvalue weighted by Crippen LogP contribution is -2.60. The van der Waals surface area contributed by atoms with E-state index in [1.165, 1.54) is 51.4 Å². The molecule has 1 fully saturated rings. The van der Waals surface area contributed by atoms with Crippen LogP contribution in [0, 0.1) is 0 Å². The third-order valence-corrected chi connectivity index (χ3v) is 7.36. The average molecular weight is 560 g/mol. The minimum Gasteiger partial charge on any atom is -0.394 e. The highest BCUT2D eigenvalue weighted by Crippen LogP contribution is 2.22. The summed E-state index contributed by atoms with van der Waals surface area (Å²) in [5, 5.41) is 53.2. The first kappa shape index (κ1) is 36.0. The average Bonchev–Trinajstić information content (AvgIpc) is 2.93. The quantitative estimate of drug-likeness (QED) is 0.0823. The molecule has 7 atom stereocenters. The van der Waals surface area contributed by atoms with Gasteiger partial charge < -0.3 is 40.3 Å². The van der Waals surface area contributed by atoms with Crippen LogP contribution in [0.2, 0.25) is 0 Å². The van der Waals surface area contributed by atoms with Crippen molar-refractivity contribution < 1.29 is 39.8 Å². The zero-order chi connectivity index (χ0) is 28.9. The number of aliphatic hydroxyl groups excluding tert-OH is 5. The van der Waals surface area contributed by atoms with Crippen LogP contribution in [0.15, 0.2) is 12.2 Å². The van der Waals surface area contributed by atoms with E-state index in [9.17, 15) is 30.3 Å². The molecule has 1 saturated heterocycles. The van der Waals surface area contributed by atoms with Crippen molar-refractivity contribution in [3.05, 3.63) is 12.2 Å². The Labute approximate surface area is 236 Å². The van der Waals surface area contributed by atoms with Gasteiger partial charge in [-0.05, 0) is 19.3 Å². The Morgan fingerprint density at radius 3 is 2.00 bits per heavy atom. The van der Waals surface area contributed by atoms with Crippen molar-refractivity contribution in [3.63, 3.8) is 0 Å². The van der Waals surface area contributed by atoms with Gasteiger partial charge in [-0.3, -0.25) is 4.79 Å². The number of hydrogen-bond acceptors (Lipinski definition) is 8. The van der Waals surface area contributed by atoms with Crippen LogP contribution in [0.1, 0.15) is 117 Å². The summed E-state index contributed by atoms with van der Waals surface area (Å²) in [6.07, 6.45) is 13.1.